The Morgan fingerprint density at radius 1 is 1.12 bits per heavy atom. The van der Waals surface area contributed by atoms with Gasteiger partial charge in [0.15, 0.2) is 6.10 Å². The minimum absolute atomic E-state index is 0.0328. The third-order valence-electron chi connectivity index (χ3n) is 3.38. The predicted molar refractivity (Wildman–Crippen MR) is 83.4 cm³/mol. The lowest BCUT2D eigenvalue weighted by Crippen LogP contribution is -2.45. The van der Waals surface area contributed by atoms with Gasteiger partial charge >= 0.3 is 18.0 Å². The van der Waals surface area contributed by atoms with E-state index in [4.69, 9.17) is 10.5 Å². The topological polar surface area (TPSA) is 141 Å². The third-order valence-corrected chi connectivity index (χ3v) is 3.38. The van der Waals surface area contributed by atoms with E-state index < -0.39 is 35.9 Å². The smallest absolute Gasteiger partial charge is 0.355 e. The first-order valence-electron chi connectivity index (χ1n) is 7.18. The molecule has 24 heavy (non-hydrogen) atoms. The summed E-state index contributed by atoms with van der Waals surface area (Å²) < 4.78 is 9.85. The number of urea groups is 1. The number of esters is 2. The number of aromatic nitrogens is 1. The number of methoxy groups -OCH3 is 1. The van der Waals surface area contributed by atoms with Crippen LogP contribution in [0.25, 0.3) is 0 Å². The second kappa shape index (κ2) is 7.62. The number of H-pyrrole nitrogens is 1. The molecule has 9 nitrogen and oxygen atoms in total. The SMILES string of the molecule is COC(=O)c1c(C)[nH]c(C(=O)OC(C(=O)NC(N)=O)C(C)C)c1C. The lowest BCUT2D eigenvalue weighted by atomic mass is 10.1. The van der Waals surface area contributed by atoms with Crippen molar-refractivity contribution in [3.63, 3.8) is 0 Å². The lowest BCUT2D eigenvalue weighted by molar-refractivity contribution is -0.130. The van der Waals surface area contributed by atoms with Crippen LogP contribution in [0.5, 0.6) is 0 Å². The molecule has 0 aliphatic rings. The molecule has 3 amide bonds. The summed E-state index contributed by atoms with van der Waals surface area (Å²) in [6.07, 6.45) is -1.21. The maximum absolute atomic E-state index is 12.3. The zero-order chi connectivity index (χ0) is 18.6. The van der Waals surface area contributed by atoms with E-state index in [1.165, 1.54) is 7.11 Å². The molecular weight excluding hydrogens is 318 g/mol. The van der Waals surface area contributed by atoms with E-state index in [1.807, 2.05) is 5.32 Å². The quantitative estimate of drug-likeness (QED) is 0.677. The van der Waals surface area contributed by atoms with Gasteiger partial charge in [0.05, 0.1) is 12.7 Å². The molecule has 0 aliphatic carbocycles. The highest BCUT2D eigenvalue weighted by Gasteiger charge is 2.30. The molecule has 1 atom stereocenters. The fourth-order valence-corrected chi connectivity index (χ4v) is 2.22. The number of aromatic amines is 1. The molecular formula is C15H21N3O6. The predicted octanol–water partition coefficient (Wildman–Crippen LogP) is 0.794. The number of carbonyl (C=O) groups is 4. The molecule has 0 spiro atoms. The Balaban J connectivity index is 3.07. The lowest BCUT2D eigenvalue weighted by Gasteiger charge is -2.19. The molecule has 4 N–H and O–H groups in total. The van der Waals surface area contributed by atoms with Crippen molar-refractivity contribution in [2.75, 3.05) is 7.11 Å². The highest BCUT2D eigenvalue weighted by atomic mass is 16.5. The van der Waals surface area contributed by atoms with Crippen LogP contribution in [0.15, 0.2) is 0 Å². The van der Waals surface area contributed by atoms with Crippen LogP contribution in [-0.4, -0.2) is 42.1 Å². The first-order chi connectivity index (χ1) is 11.1. The van der Waals surface area contributed by atoms with Crippen molar-refractivity contribution < 1.29 is 28.7 Å². The number of nitrogens with one attached hydrogen (secondary N) is 2. The monoisotopic (exact) mass is 339 g/mol. The van der Waals surface area contributed by atoms with Crippen LogP contribution in [0, 0.1) is 19.8 Å². The molecule has 0 bridgehead atoms. The van der Waals surface area contributed by atoms with Crippen molar-refractivity contribution >= 4 is 23.9 Å². The van der Waals surface area contributed by atoms with Crippen LogP contribution in [0.4, 0.5) is 4.79 Å². The van der Waals surface area contributed by atoms with Crippen molar-refractivity contribution in [2.45, 2.75) is 33.8 Å². The Hall–Kier alpha value is -2.84. The molecule has 0 fully saturated rings. The number of carbonyl (C=O) groups excluding carboxylic acids is 4. The highest BCUT2D eigenvalue weighted by Crippen LogP contribution is 2.21. The number of nitrogens with two attached hydrogens (primary N) is 1. The van der Waals surface area contributed by atoms with E-state index in [0.717, 1.165) is 0 Å². The van der Waals surface area contributed by atoms with Gasteiger partial charge in [-0.15, -0.1) is 0 Å². The normalized spacial score (nSPS) is 11.8. The first kappa shape index (κ1) is 19.2. The van der Waals surface area contributed by atoms with Crippen molar-refractivity contribution in [3.05, 3.63) is 22.5 Å². The maximum Gasteiger partial charge on any atom is 0.355 e. The van der Waals surface area contributed by atoms with Crippen LogP contribution in [0.2, 0.25) is 0 Å². The van der Waals surface area contributed by atoms with Crippen LogP contribution in [0.3, 0.4) is 0 Å². The van der Waals surface area contributed by atoms with Gasteiger partial charge in [-0.1, -0.05) is 13.8 Å². The Bertz CT molecular complexity index is 677. The number of ether oxygens (including phenoxy) is 2. The highest BCUT2D eigenvalue weighted by molar-refractivity contribution is 6.00. The van der Waals surface area contributed by atoms with Crippen molar-refractivity contribution in [1.82, 2.24) is 10.3 Å². The minimum atomic E-state index is -1.21. The van der Waals surface area contributed by atoms with Gasteiger partial charge < -0.3 is 20.2 Å². The van der Waals surface area contributed by atoms with Gasteiger partial charge in [-0.2, -0.15) is 0 Å². The Morgan fingerprint density at radius 2 is 1.71 bits per heavy atom. The average molecular weight is 339 g/mol. The summed E-state index contributed by atoms with van der Waals surface area (Å²) in [5.41, 5.74) is 5.95. The summed E-state index contributed by atoms with van der Waals surface area (Å²) in [5, 5.41) is 1.88. The third kappa shape index (κ3) is 4.12. The molecule has 1 heterocycles. The molecule has 1 unspecified atom stereocenters. The summed E-state index contributed by atoms with van der Waals surface area (Å²) in [7, 11) is 1.23. The van der Waals surface area contributed by atoms with Crippen LogP contribution < -0.4 is 11.1 Å². The zero-order valence-corrected chi connectivity index (χ0v) is 14.2. The van der Waals surface area contributed by atoms with E-state index in [1.54, 1.807) is 27.7 Å². The fourth-order valence-electron chi connectivity index (χ4n) is 2.22. The fraction of sp³-hybridized carbons (Fsp3) is 0.467. The molecule has 0 aliphatic heterocycles. The van der Waals surface area contributed by atoms with Gasteiger partial charge in [-0.05, 0) is 25.3 Å². The van der Waals surface area contributed by atoms with E-state index in [0.29, 0.717) is 11.3 Å². The molecule has 0 radical (unpaired) electrons. The summed E-state index contributed by atoms with van der Waals surface area (Å²) in [6.45, 7) is 6.45. The van der Waals surface area contributed by atoms with Gasteiger partial charge in [0.1, 0.15) is 5.69 Å². The minimum Gasteiger partial charge on any atom is -0.465 e. The van der Waals surface area contributed by atoms with E-state index in [9.17, 15) is 19.2 Å². The summed E-state index contributed by atoms with van der Waals surface area (Å²) in [4.78, 5) is 49.5. The van der Waals surface area contributed by atoms with Crippen molar-refractivity contribution in [2.24, 2.45) is 11.7 Å². The molecule has 132 valence electrons. The van der Waals surface area contributed by atoms with Crippen LogP contribution >= 0.6 is 0 Å². The Kier molecular flexibility index (Phi) is 6.10. The molecule has 0 saturated heterocycles. The number of amides is 3. The Labute approximate surface area is 138 Å². The summed E-state index contributed by atoms with van der Waals surface area (Å²) >= 11 is 0. The van der Waals surface area contributed by atoms with Gasteiger partial charge in [0, 0.05) is 5.69 Å². The largest absolute Gasteiger partial charge is 0.465 e. The number of hydrogen-bond donors (Lipinski definition) is 3. The van der Waals surface area contributed by atoms with E-state index >= 15 is 0 Å². The number of hydrogen-bond acceptors (Lipinski definition) is 6. The van der Waals surface area contributed by atoms with Gasteiger partial charge in [0.2, 0.25) is 0 Å². The van der Waals surface area contributed by atoms with Crippen LogP contribution in [-0.2, 0) is 14.3 Å². The number of primary amides is 1. The van der Waals surface area contributed by atoms with Crippen molar-refractivity contribution in [1.29, 1.82) is 0 Å². The molecule has 9 heteroatoms. The molecule has 0 saturated carbocycles. The van der Waals surface area contributed by atoms with Gasteiger partial charge in [-0.3, -0.25) is 10.1 Å². The van der Waals surface area contributed by atoms with E-state index in [-0.39, 0.29) is 11.3 Å². The molecule has 1 rings (SSSR count). The number of rotatable bonds is 5. The Morgan fingerprint density at radius 3 is 2.17 bits per heavy atom. The van der Waals surface area contributed by atoms with Crippen molar-refractivity contribution in [3.8, 4) is 0 Å². The van der Waals surface area contributed by atoms with Gasteiger partial charge in [0.25, 0.3) is 5.91 Å². The molecule has 0 aromatic carbocycles. The van der Waals surface area contributed by atoms with Gasteiger partial charge in [-0.25, -0.2) is 14.4 Å². The van der Waals surface area contributed by atoms with E-state index in [2.05, 4.69) is 9.72 Å². The summed E-state index contributed by atoms with van der Waals surface area (Å²) in [5.74, 6) is -2.64. The summed E-state index contributed by atoms with van der Waals surface area (Å²) in [6, 6.07) is -1.04. The number of imide groups is 1. The number of aryl methyl sites for hydroxylation is 1. The average Bonchev–Trinajstić information content (AvgIpc) is 2.77. The maximum atomic E-state index is 12.3. The molecule has 1 aromatic rings. The second-order valence-corrected chi connectivity index (χ2v) is 5.54. The standard InChI is InChI=1S/C15H21N3O6/c1-6(2)11(12(19)18-15(16)22)24-14(21)10-7(3)9(8(4)17-10)13(20)23-5/h6,11,17H,1-5H3,(H3,16,18,19,22). The first-order valence-corrected chi connectivity index (χ1v) is 7.18. The zero-order valence-electron chi connectivity index (χ0n) is 14.2. The second-order valence-electron chi connectivity index (χ2n) is 5.54. The van der Waals surface area contributed by atoms with Crippen LogP contribution in [0.1, 0.15) is 46.0 Å². The molecule has 1 aromatic heterocycles.